The Bertz CT molecular complexity index is 469. The SMILES string of the molecule is CC(CCN)Nc1ncc(-c2ccccn2)cn1. The van der Waals surface area contributed by atoms with E-state index in [1.165, 1.54) is 0 Å². The fraction of sp³-hybridized carbons (Fsp3) is 0.308. The molecule has 0 aliphatic heterocycles. The first kappa shape index (κ1) is 12.4. The van der Waals surface area contributed by atoms with Gasteiger partial charge in [-0.05, 0) is 32.0 Å². The average Bonchev–Trinajstić information content (AvgIpc) is 2.41. The molecule has 0 saturated heterocycles. The first-order valence-electron chi connectivity index (χ1n) is 5.99. The summed E-state index contributed by atoms with van der Waals surface area (Å²) in [4.78, 5) is 12.8. The summed E-state index contributed by atoms with van der Waals surface area (Å²) >= 11 is 0. The van der Waals surface area contributed by atoms with E-state index in [4.69, 9.17) is 5.73 Å². The highest BCUT2D eigenvalue weighted by molar-refractivity contribution is 5.56. The summed E-state index contributed by atoms with van der Waals surface area (Å²) in [6, 6.07) is 6.03. The Morgan fingerprint density at radius 3 is 2.61 bits per heavy atom. The van der Waals surface area contributed by atoms with Crippen LogP contribution in [0.3, 0.4) is 0 Å². The highest BCUT2D eigenvalue weighted by Crippen LogP contribution is 2.14. The molecule has 1 unspecified atom stereocenters. The van der Waals surface area contributed by atoms with Crippen LogP contribution in [-0.2, 0) is 0 Å². The van der Waals surface area contributed by atoms with Gasteiger partial charge >= 0.3 is 0 Å². The van der Waals surface area contributed by atoms with Gasteiger partial charge in [-0.15, -0.1) is 0 Å². The Kier molecular flexibility index (Phi) is 4.20. The summed E-state index contributed by atoms with van der Waals surface area (Å²) in [7, 11) is 0. The van der Waals surface area contributed by atoms with Crippen LogP contribution < -0.4 is 11.1 Å². The van der Waals surface area contributed by atoms with Crippen molar-refractivity contribution in [2.75, 3.05) is 11.9 Å². The zero-order valence-electron chi connectivity index (χ0n) is 10.4. The molecule has 2 aromatic rings. The number of hydrogen-bond donors (Lipinski definition) is 2. The van der Waals surface area contributed by atoms with Crippen molar-refractivity contribution in [2.45, 2.75) is 19.4 Å². The van der Waals surface area contributed by atoms with Crippen LogP contribution in [-0.4, -0.2) is 27.5 Å². The van der Waals surface area contributed by atoms with E-state index in [0.29, 0.717) is 12.5 Å². The van der Waals surface area contributed by atoms with Crippen molar-refractivity contribution < 1.29 is 0 Å². The number of nitrogens with one attached hydrogen (secondary N) is 1. The quantitative estimate of drug-likeness (QED) is 0.835. The molecule has 5 heteroatoms. The van der Waals surface area contributed by atoms with E-state index in [1.807, 2.05) is 18.2 Å². The van der Waals surface area contributed by atoms with Gasteiger partial charge < -0.3 is 11.1 Å². The first-order chi connectivity index (χ1) is 8.79. The molecule has 0 spiro atoms. The van der Waals surface area contributed by atoms with Gasteiger partial charge in [-0.2, -0.15) is 0 Å². The molecule has 0 amide bonds. The normalized spacial score (nSPS) is 12.1. The Balaban J connectivity index is 2.06. The van der Waals surface area contributed by atoms with Crippen LogP contribution in [0.4, 0.5) is 5.95 Å². The summed E-state index contributed by atoms with van der Waals surface area (Å²) in [5.41, 5.74) is 7.28. The first-order valence-corrected chi connectivity index (χ1v) is 5.99. The molecule has 0 bridgehead atoms. The van der Waals surface area contributed by atoms with Crippen LogP contribution >= 0.6 is 0 Å². The third kappa shape index (κ3) is 3.24. The minimum Gasteiger partial charge on any atom is -0.352 e. The van der Waals surface area contributed by atoms with Gasteiger partial charge in [0.2, 0.25) is 5.95 Å². The summed E-state index contributed by atoms with van der Waals surface area (Å²) in [6.07, 6.45) is 6.19. The minimum absolute atomic E-state index is 0.274. The number of nitrogens with zero attached hydrogens (tertiary/aromatic N) is 3. The molecular weight excluding hydrogens is 226 g/mol. The monoisotopic (exact) mass is 243 g/mol. The van der Waals surface area contributed by atoms with Crippen molar-refractivity contribution >= 4 is 5.95 Å². The van der Waals surface area contributed by atoms with E-state index in [9.17, 15) is 0 Å². The van der Waals surface area contributed by atoms with Crippen LogP contribution in [0.15, 0.2) is 36.8 Å². The van der Waals surface area contributed by atoms with Crippen LogP contribution in [0.2, 0.25) is 0 Å². The number of aromatic nitrogens is 3. The molecule has 0 radical (unpaired) electrons. The van der Waals surface area contributed by atoms with Gasteiger partial charge in [-0.25, -0.2) is 9.97 Å². The van der Waals surface area contributed by atoms with Crippen molar-refractivity contribution in [3.63, 3.8) is 0 Å². The maximum atomic E-state index is 5.49. The number of rotatable bonds is 5. The largest absolute Gasteiger partial charge is 0.352 e. The zero-order valence-corrected chi connectivity index (χ0v) is 10.4. The average molecular weight is 243 g/mol. The lowest BCUT2D eigenvalue weighted by molar-refractivity contribution is 0.709. The second-order valence-corrected chi connectivity index (χ2v) is 4.13. The van der Waals surface area contributed by atoms with Crippen LogP contribution in [0.5, 0.6) is 0 Å². The molecule has 0 fully saturated rings. The molecule has 0 aliphatic carbocycles. The fourth-order valence-electron chi connectivity index (χ4n) is 1.61. The van der Waals surface area contributed by atoms with Crippen LogP contribution in [0, 0.1) is 0 Å². The Morgan fingerprint density at radius 2 is 2.00 bits per heavy atom. The molecule has 5 nitrogen and oxygen atoms in total. The van der Waals surface area contributed by atoms with Crippen LogP contribution in [0.25, 0.3) is 11.3 Å². The van der Waals surface area contributed by atoms with E-state index < -0.39 is 0 Å². The Morgan fingerprint density at radius 1 is 1.22 bits per heavy atom. The van der Waals surface area contributed by atoms with Crippen molar-refractivity contribution in [1.82, 2.24) is 15.0 Å². The number of pyridine rings is 1. The smallest absolute Gasteiger partial charge is 0.222 e. The van der Waals surface area contributed by atoms with Gasteiger partial charge in [0.25, 0.3) is 0 Å². The van der Waals surface area contributed by atoms with E-state index in [1.54, 1.807) is 18.6 Å². The molecule has 18 heavy (non-hydrogen) atoms. The maximum Gasteiger partial charge on any atom is 0.222 e. The molecular formula is C13H17N5. The van der Waals surface area contributed by atoms with E-state index in [-0.39, 0.29) is 6.04 Å². The summed E-state index contributed by atoms with van der Waals surface area (Å²) in [5.74, 6) is 0.621. The number of hydrogen-bond acceptors (Lipinski definition) is 5. The standard InChI is InChI=1S/C13H17N5/c1-10(5-6-14)18-13-16-8-11(9-17-13)12-4-2-3-7-15-12/h2-4,7-10H,5-6,14H2,1H3,(H,16,17,18). The maximum absolute atomic E-state index is 5.49. The molecule has 0 saturated carbocycles. The summed E-state index contributed by atoms with van der Waals surface area (Å²) in [6.45, 7) is 2.71. The fourth-order valence-corrected chi connectivity index (χ4v) is 1.61. The Hall–Kier alpha value is -2.01. The van der Waals surface area contributed by atoms with Gasteiger partial charge in [-0.3, -0.25) is 4.98 Å². The lowest BCUT2D eigenvalue weighted by Gasteiger charge is -2.12. The molecule has 94 valence electrons. The zero-order chi connectivity index (χ0) is 12.8. The van der Waals surface area contributed by atoms with Gasteiger partial charge in [0.1, 0.15) is 0 Å². The third-order valence-electron chi connectivity index (χ3n) is 2.59. The third-order valence-corrected chi connectivity index (χ3v) is 2.59. The van der Waals surface area contributed by atoms with Crippen molar-refractivity contribution in [1.29, 1.82) is 0 Å². The predicted molar refractivity (Wildman–Crippen MR) is 72.0 cm³/mol. The minimum atomic E-state index is 0.274. The van der Waals surface area contributed by atoms with Crippen molar-refractivity contribution in [3.05, 3.63) is 36.8 Å². The molecule has 0 aromatic carbocycles. The molecule has 1 atom stereocenters. The predicted octanol–water partition coefficient (Wildman–Crippen LogP) is 1.69. The molecule has 3 N–H and O–H groups in total. The lowest BCUT2D eigenvalue weighted by atomic mass is 10.2. The van der Waals surface area contributed by atoms with E-state index in [0.717, 1.165) is 17.7 Å². The van der Waals surface area contributed by atoms with Gasteiger partial charge in [0.15, 0.2) is 0 Å². The summed E-state index contributed by atoms with van der Waals surface area (Å²) in [5, 5.41) is 3.20. The van der Waals surface area contributed by atoms with E-state index >= 15 is 0 Å². The van der Waals surface area contributed by atoms with Crippen molar-refractivity contribution in [3.8, 4) is 11.3 Å². The Labute approximate surface area is 106 Å². The lowest BCUT2D eigenvalue weighted by Crippen LogP contribution is -2.20. The molecule has 2 rings (SSSR count). The molecule has 0 aliphatic rings. The highest BCUT2D eigenvalue weighted by atomic mass is 15.1. The second-order valence-electron chi connectivity index (χ2n) is 4.13. The van der Waals surface area contributed by atoms with E-state index in [2.05, 4.69) is 27.2 Å². The molecule has 2 aromatic heterocycles. The summed E-state index contributed by atoms with van der Waals surface area (Å²) < 4.78 is 0. The highest BCUT2D eigenvalue weighted by Gasteiger charge is 2.04. The van der Waals surface area contributed by atoms with Gasteiger partial charge in [-0.1, -0.05) is 6.07 Å². The van der Waals surface area contributed by atoms with Crippen LogP contribution in [0.1, 0.15) is 13.3 Å². The van der Waals surface area contributed by atoms with Gasteiger partial charge in [0, 0.05) is 30.2 Å². The van der Waals surface area contributed by atoms with Gasteiger partial charge in [0.05, 0.1) is 5.69 Å². The number of nitrogens with two attached hydrogens (primary N) is 1. The van der Waals surface area contributed by atoms with Crippen molar-refractivity contribution in [2.24, 2.45) is 5.73 Å². The topological polar surface area (TPSA) is 76.7 Å². The second kappa shape index (κ2) is 6.07. The number of anilines is 1. The molecule has 2 heterocycles.